The number of aliphatic hydroxyl groups is 2. The molecule has 3 N–H and O–H groups in total. The number of benzene rings is 2. The third-order valence-corrected chi connectivity index (χ3v) is 12.9. The number of Topliss-reactive ketones (excluding diaryl/α,β-unsaturated/α-hetero) is 1. The van der Waals surface area contributed by atoms with Gasteiger partial charge in [0.15, 0.2) is 6.10 Å². The number of carbonyl (C=O) groups excluding carboxylic acids is 3. The van der Waals surface area contributed by atoms with Gasteiger partial charge in [-0.2, -0.15) is 0 Å². The number of rotatable bonds is 7. The molecular formula is C40H51NO8. The van der Waals surface area contributed by atoms with Crippen molar-refractivity contribution in [3.8, 4) is 0 Å². The predicted molar refractivity (Wildman–Crippen MR) is 184 cm³/mol. The molecule has 9 nitrogen and oxygen atoms in total. The first-order valence-electron chi connectivity index (χ1n) is 17.5. The normalized spacial score (nSPS) is 37.6. The van der Waals surface area contributed by atoms with Crippen LogP contribution >= 0.6 is 0 Å². The minimum atomic E-state index is -1.58. The highest BCUT2D eigenvalue weighted by Gasteiger charge is 2.73. The Labute approximate surface area is 289 Å². The average Bonchev–Trinajstić information content (AvgIpc) is 3.06. The van der Waals surface area contributed by atoms with E-state index in [-0.39, 0.29) is 18.3 Å². The quantitative estimate of drug-likeness (QED) is 0.246. The number of para-hydroxylation sites is 1. The molecule has 1 heterocycles. The van der Waals surface area contributed by atoms with Gasteiger partial charge in [-0.25, -0.2) is 4.79 Å². The van der Waals surface area contributed by atoms with Gasteiger partial charge in [0.25, 0.3) is 0 Å². The zero-order valence-electron chi connectivity index (χ0n) is 29.9. The van der Waals surface area contributed by atoms with Crippen molar-refractivity contribution in [2.75, 3.05) is 11.9 Å². The van der Waals surface area contributed by atoms with Gasteiger partial charge >= 0.3 is 11.9 Å². The summed E-state index contributed by atoms with van der Waals surface area (Å²) in [4.78, 5) is 41.3. The largest absolute Gasteiger partial charge is 0.461 e. The summed E-state index contributed by atoms with van der Waals surface area (Å²) in [5.74, 6) is -2.93. The van der Waals surface area contributed by atoms with Crippen molar-refractivity contribution in [1.82, 2.24) is 0 Å². The molecule has 264 valence electrons. The molecule has 0 aromatic heterocycles. The van der Waals surface area contributed by atoms with E-state index in [1.165, 1.54) is 6.92 Å². The number of ketones is 1. The molecule has 4 aliphatic rings. The second-order valence-electron chi connectivity index (χ2n) is 15.9. The van der Waals surface area contributed by atoms with Crippen LogP contribution in [0.2, 0.25) is 0 Å². The van der Waals surface area contributed by atoms with Crippen LogP contribution < -0.4 is 5.32 Å². The molecule has 0 unspecified atom stereocenters. The van der Waals surface area contributed by atoms with Crippen molar-refractivity contribution < 1.29 is 38.8 Å². The maximum absolute atomic E-state index is 15.0. The number of hydrogen-bond donors (Lipinski definition) is 3. The summed E-state index contributed by atoms with van der Waals surface area (Å²) in [5.41, 5.74) is -1.03. The van der Waals surface area contributed by atoms with Crippen LogP contribution in [0.4, 0.5) is 5.69 Å². The van der Waals surface area contributed by atoms with Crippen LogP contribution in [0.3, 0.4) is 0 Å². The Morgan fingerprint density at radius 3 is 2.16 bits per heavy atom. The summed E-state index contributed by atoms with van der Waals surface area (Å²) in [7, 11) is 0. The van der Waals surface area contributed by atoms with E-state index < -0.39 is 75.9 Å². The SMILES string of the molecule is CC(=O)O[C@H]1C[C@H]2OC[C@@]2(C)[C@H]2[C@H](C)[C@]3(O)C[C@H](OC(=O)[C@H](O)[C@@H](Nc4ccccc4)c4ccccc4)C(C)=C([C@@H](C)C(=O)[C@]12C)C3(C)C. The lowest BCUT2D eigenvalue weighted by Crippen LogP contribution is -2.74. The van der Waals surface area contributed by atoms with Gasteiger partial charge in [0.05, 0.1) is 29.8 Å². The van der Waals surface area contributed by atoms with E-state index >= 15 is 4.79 Å². The first-order valence-corrected chi connectivity index (χ1v) is 17.5. The zero-order valence-corrected chi connectivity index (χ0v) is 29.9. The van der Waals surface area contributed by atoms with Gasteiger partial charge in [0.2, 0.25) is 0 Å². The summed E-state index contributed by atoms with van der Waals surface area (Å²) in [6.07, 6.45) is -2.93. The van der Waals surface area contributed by atoms with Gasteiger partial charge in [-0.3, -0.25) is 9.59 Å². The van der Waals surface area contributed by atoms with E-state index in [0.717, 1.165) is 5.69 Å². The summed E-state index contributed by atoms with van der Waals surface area (Å²) < 4.78 is 18.2. The Morgan fingerprint density at radius 1 is 0.980 bits per heavy atom. The number of anilines is 1. The fourth-order valence-corrected chi connectivity index (χ4v) is 10.5. The van der Waals surface area contributed by atoms with Gasteiger partial charge in [-0.15, -0.1) is 0 Å². The Bertz CT molecular complexity index is 1640. The maximum atomic E-state index is 15.0. The first-order chi connectivity index (χ1) is 23.0. The lowest BCUT2D eigenvalue weighted by Gasteiger charge is -2.69. The molecule has 3 aliphatic carbocycles. The average molecular weight is 674 g/mol. The fraction of sp³-hybridized carbons (Fsp3) is 0.575. The smallest absolute Gasteiger partial charge is 0.338 e. The van der Waals surface area contributed by atoms with Crippen LogP contribution in [0.5, 0.6) is 0 Å². The van der Waals surface area contributed by atoms with Crippen LogP contribution in [-0.2, 0) is 28.6 Å². The van der Waals surface area contributed by atoms with Gasteiger partial charge in [0, 0.05) is 42.2 Å². The Morgan fingerprint density at radius 2 is 1.59 bits per heavy atom. The lowest BCUT2D eigenvalue weighted by atomic mass is 9.40. The number of esters is 2. The Kier molecular flexibility index (Phi) is 8.90. The third kappa shape index (κ3) is 5.35. The van der Waals surface area contributed by atoms with Crippen molar-refractivity contribution in [1.29, 1.82) is 0 Å². The number of aliphatic hydroxyl groups excluding tert-OH is 1. The van der Waals surface area contributed by atoms with E-state index in [9.17, 15) is 19.8 Å². The number of hydrogen-bond acceptors (Lipinski definition) is 9. The molecule has 1 saturated heterocycles. The molecule has 0 spiro atoms. The van der Waals surface area contributed by atoms with Crippen molar-refractivity contribution in [3.05, 3.63) is 77.4 Å². The topological polar surface area (TPSA) is 131 Å². The van der Waals surface area contributed by atoms with E-state index in [2.05, 4.69) is 12.2 Å². The minimum Gasteiger partial charge on any atom is -0.461 e. The van der Waals surface area contributed by atoms with E-state index in [0.29, 0.717) is 29.7 Å². The van der Waals surface area contributed by atoms with Crippen molar-refractivity contribution >= 4 is 23.4 Å². The molecule has 11 atom stereocenters. The van der Waals surface area contributed by atoms with E-state index in [1.54, 1.807) is 0 Å². The second-order valence-corrected chi connectivity index (χ2v) is 15.9. The van der Waals surface area contributed by atoms with Crippen molar-refractivity contribution in [2.45, 2.75) is 104 Å². The highest BCUT2D eigenvalue weighted by Crippen LogP contribution is 2.68. The van der Waals surface area contributed by atoms with Crippen molar-refractivity contribution in [2.24, 2.45) is 34.0 Å². The highest BCUT2D eigenvalue weighted by molar-refractivity contribution is 5.91. The third-order valence-electron chi connectivity index (χ3n) is 12.9. The minimum absolute atomic E-state index is 0.0603. The molecule has 2 aromatic carbocycles. The number of nitrogens with one attached hydrogen (secondary N) is 1. The predicted octanol–water partition coefficient (Wildman–Crippen LogP) is 5.81. The Hall–Kier alpha value is -3.53. The molecule has 6 rings (SSSR count). The summed E-state index contributed by atoms with van der Waals surface area (Å²) in [5, 5.41) is 28.0. The molecular weight excluding hydrogens is 622 g/mol. The van der Waals surface area contributed by atoms with Gasteiger partial charge in [-0.1, -0.05) is 83.1 Å². The molecule has 0 radical (unpaired) electrons. The van der Waals surface area contributed by atoms with Crippen LogP contribution in [0.15, 0.2) is 71.8 Å². The van der Waals surface area contributed by atoms with Gasteiger partial charge < -0.3 is 29.7 Å². The monoisotopic (exact) mass is 673 g/mol. The molecule has 0 amide bonds. The molecule has 9 heteroatoms. The number of fused-ring (bicyclic) bond motifs is 5. The van der Waals surface area contributed by atoms with E-state index in [1.807, 2.05) is 102 Å². The first kappa shape index (κ1) is 35.3. The standard InChI is InChI=1S/C40H51NO8/c1-22-28(49-36(45)33(43)32(26-15-11-9-12-16-26)41-27-17-13-10-14-18-27)20-40(46)24(3)34-38(7)21-47-29(38)19-30(48-25(4)42)39(34,8)35(44)23(2)31(22)37(40,5)6/h9-18,23-24,28-30,32-34,41,43,46H,19-21H2,1-8H3/t23-,24+,28+,29-,30+,32+,33-,34-,38-,39-,40-/m1/s1. The lowest BCUT2D eigenvalue weighted by molar-refractivity contribution is -0.302. The Balaban J connectivity index is 1.40. The number of carbonyl (C=O) groups is 3. The molecule has 2 aromatic rings. The van der Waals surface area contributed by atoms with Gasteiger partial charge in [-0.05, 0) is 54.5 Å². The second kappa shape index (κ2) is 12.4. The highest BCUT2D eigenvalue weighted by atomic mass is 16.6. The summed E-state index contributed by atoms with van der Waals surface area (Å²) >= 11 is 0. The van der Waals surface area contributed by atoms with Crippen LogP contribution in [0, 0.1) is 34.0 Å². The fourth-order valence-electron chi connectivity index (χ4n) is 10.5. The van der Waals surface area contributed by atoms with Crippen molar-refractivity contribution in [3.63, 3.8) is 0 Å². The van der Waals surface area contributed by atoms with Crippen LogP contribution in [-0.4, -0.2) is 64.6 Å². The molecule has 49 heavy (non-hydrogen) atoms. The van der Waals surface area contributed by atoms with Crippen LogP contribution in [0.25, 0.3) is 0 Å². The number of ether oxygens (including phenoxy) is 3. The molecule has 3 fully saturated rings. The zero-order chi connectivity index (χ0) is 35.7. The van der Waals surface area contributed by atoms with Gasteiger partial charge in [0.1, 0.15) is 18.0 Å². The molecule has 2 saturated carbocycles. The summed E-state index contributed by atoms with van der Waals surface area (Å²) in [6.45, 7) is 15.4. The maximum Gasteiger partial charge on any atom is 0.338 e. The molecule has 1 aliphatic heterocycles. The molecule has 2 bridgehead atoms. The van der Waals surface area contributed by atoms with Crippen LogP contribution in [0.1, 0.15) is 79.8 Å². The summed E-state index contributed by atoms with van der Waals surface area (Å²) in [6, 6.07) is 17.8. The van der Waals surface area contributed by atoms with E-state index in [4.69, 9.17) is 14.2 Å².